The number of aliphatic hydroxyl groups is 1. The zero-order valence-electron chi connectivity index (χ0n) is 23.0. The van der Waals surface area contributed by atoms with Gasteiger partial charge in [0.25, 0.3) is 0 Å². The summed E-state index contributed by atoms with van der Waals surface area (Å²) in [6, 6.07) is 16.7. The van der Waals surface area contributed by atoms with E-state index in [1.165, 1.54) is 5.56 Å². The van der Waals surface area contributed by atoms with E-state index in [0.717, 1.165) is 41.7 Å². The van der Waals surface area contributed by atoms with Crippen molar-refractivity contribution >= 4 is 27.8 Å². The summed E-state index contributed by atoms with van der Waals surface area (Å²) in [6.45, 7) is 10.6. The van der Waals surface area contributed by atoms with Crippen molar-refractivity contribution in [3.8, 4) is 0 Å². The van der Waals surface area contributed by atoms with Crippen LogP contribution in [-0.4, -0.2) is 71.1 Å². The number of thiazole rings is 1. The molecule has 0 aliphatic carbocycles. The van der Waals surface area contributed by atoms with Crippen molar-refractivity contribution in [1.29, 1.82) is 0 Å². The van der Waals surface area contributed by atoms with Crippen LogP contribution >= 0.6 is 11.3 Å². The number of azo groups is 1. The van der Waals surface area contributed by atoms with Crippen LogP contribution < -0.4 is 9.47 Å². The Labute approximate surface area is 235 Å². The molecule has 1 aromatic heterocycles. The van der Waals surface area contributed by atoms with Gasteiger partial charge in [-0.1, -0.05) is 30.3 Å². The van der Waals surface area contributed by atoms with Gasteiger partial charge in [0.15, 0.2) is 0 Å². The maximum Gasteiger partial charge on any atom is 0.408 e. The van der Waals surface area contributed by atoms with Gasteiger partial charge >= 0.3 is 5.13 Å². The zero-order valence-corrected chi connectivity index (χ0v) is 23.9. The van der Waals surface area contributed by atoms with Gasteiger partial charge in [0.2, 0.25) is 0 Å². The summed E-state index contributed by atoms with van der Waals surface area (Å²) in [5.41, 5.74) is 4.30. The Bertz CT molecular complexity index is 1100. The molecule has 212 valence electrons. The number of nitrogens with zero attached hydrogens (tertiary/aromatic N) is 4. The molecule has 0 fully saturated rings. The van der Waals surface area contributed by atoms with E-state index in [1.54, 1.807) is 11.3 Å². The van der Waals surface area contributed by atoms with E-state index in [1.807, 2.05) is 23.7 Å². The number of hydrogen-bond acceptors (Lipinski definition) is 9. The number of benzene rings is 2. The van der Waals surface area contributed by atoms with Gasteiger partial charge in [-0.25, -0.2) is 4.57 Å². The topological polar surface area (TPSA) is 89.0 Å². The first kappa shape index (κ1) is 30.8. The molecule has 9 nitrogen and oxygen atoms in total. The summed E-state index contributed by atoms with van der Waals surface area (Å²) < 4.78 is 24.1. The highest BCUT2D eigenvalue weighted by Gasteiger charge is 2.13. The first-order valence-electron chi connectivity index (χ1n) is 13.4. The average Bonchev–Trinajstić information content (AvgIpc) is 3.42. The standard InChI is InChI=1S/C29H41N4O5S/c1-3-32-12-22-39-29(32)31-30-28-10-9-27(23-25(28)2)33(24-26-7-5-4-6-8-26)11-14-35-16-18-37-20-21-38-19-17-36-15-13-34/h4-10,12,22-23,34H,3,11,13-21,24H2,1-2H3/q+1. The van der Waals surface area contributed by atoms with E-state index in [0.29, 0.717) is 52.9 Å². The van der Waals surface area contributed by atoms with Crippen LogP contribution in [0.15, 0.2) is 70.3 Å². The summed E-state index contributed by atoms with van der Waals surface area (Å²) >= 11 is 1.58. The first-order valence-corrected chi connectivity index (χ1v) is 14.3. The Balaban J connectivity index is 1.47. The van der Waals surface area contributed by atoms with Crippen LogP contribution in [0.4, 0.5) is 16.5 Å². The van der Waals surface area contributed by atoms with Crippen molar-refractivity contribution in [3.05, 3.63) is 71.2 Å². The molecule has 2 aromatic carbocycles. The maximum atomic E-state index is 8.66. The minimum absolute atomic E-state index is 0.0291. The Morgan fingerprint density at radius 1 is 0.846 bits per heavy atom. The average molecular weight is 558 g/mol. The van der Waals surface area contributed by atoms with E-state index in [9.17, 15) is 0 Å². The van der Waals surface area contributed by atoms with Gasteiger partial charge in [-0.3, -0.25) is 0 Å². The lowest BCUT2D eigenvalue weighted by molar-refractivity contribution is -0.676. The number of hydrogen-bond donors (Lipinski definition) is 1. The van der Waals surface area contributed by atoms with E-state index >= 15 is 0 Å². The zero-order chi connectivity index (χ0) is 27.5. The highest BCUT2D eigenvalue weighted by Crippen LogP contribution is 2.27. The summed E-state index contributed by atoms with van der Waals surface area (Å²) in [5.74, 6) is 0. The van der Waals surface area contributed by atoms with Crippen molar-refractivity contribution in [3.63, 3.8) is 0 Å². The van der Waals surface area contributed by atoms with E-state index in [-0.39, 0.29) is 6.61 Å². The fourth-order valence-electron chi connectivity index (χ4n) is 3.77. The third-order valence-electron chi connectivity index (χ3n) is 5.86. The molecule has 3 aromatic rings. The molecule has 0 aliphatic rings. The fourth-order valence-corrected chi connectivity index (χ4v) is 4.51. The Morgan fingerprint density at radius 2 is 1.51 bits per heavy atom. The van der Waals surface area contributed by atoms with Gasteiger partial charge in [0.1, 0.15) is 11.9 Å². The lowest BCUT2D eigenvalue weighted by Gasteiger charge is -2.25. The molecule has 3 rings (SSSR count). The van der Waals surface area contributed by atoms with Crippen LogP contribution in [0.25, 0.3) is 0 Å². The molecule has 0 atom stereocenters. The van der Waals surface area contributed by atoms with Crippen molar-refractivity contribution < 1.29 is 28.6 Å². The Kier molecular flexibility index (Phi) is 14.6. The van der Waals surface area contributed by atoms with E-state index < -0.39 is 0 Å². The number of aliphatic hydroxyl groups excluding tert-OH is 1. The molecule has 0 radical (unpaired) electrons. The summed E-state index contributed by atoms with van der Waals surface area (Å²) in [6.07, 6.45) is 2.03. The van der Waals surface area contributed by atoms with E-state index in [2.05, 4.69) is 69.9 Å². The fraction of sp³-hybridized carbons (Fsp3) is 0.483. The number of aryl methyl sites for hydroxylation is 2. The molecule has 1 N–H and O–H groups in total. The maximum absolute atomic E-state index is 8.66. The molecule has 0 saturated carbocycles. The summed E-state index contributed by atoms with van der Waals surface area (Å²) in [7, 11) is 0. The summed E-state index contributed by atoms with van der Waals surface area (Å²) in [4.78, 5) is 2.32. The second-order valence-corrected chi connectivity index (χ2v) is 9.60. The van der Waals surface area contributed by atoms with Gasteiger partial charge in [0, 0.05) is 24.2 Å². The van der Waals surface area contributed by atoms with E-state index in [4.69, 9.17) is 24.1 Å². The molecule has 0 unspecified atom stereocenters. The second kappa shape index (κ2) is 18.5. The normalized spacial score (nSPS) is 11.5. The molecule has 10 heteroatoms. The second-order valence-electron chi connectivity index (χ2n) is 8.72. The van der Waals surface area contributed by atoms with Crippen LogP contribution in [0, 0.1) is 6.92 Å². The highest BCUT2D eigenvalue weighted by molar-refractivity contribution is 7.12. The van der Waals surface area contributed by atoms with Gasteiger partial charge < -0.3 is 29.0 Å². The number of aromatic nitrogens is 1. The van der Waals surface area contributed by atoms with Gasteiger partial charge in [-0.15, -0.1) is 0 Å². The quantitative estimate of drug-likeness (QED) is 0.121. The molecule has 1 heterocycles. The van der Waals surface area contributed by atoms with Crippen LogP contribution in [0.3, 0.4) is 0 Å². The molecule has 0 amide bonds. The lowest BCUT2D eigenvalue weighted by Crippen LogP contribution is -2.28. The minimum atomic E-state index is 0.0291. The molecule has 0 bridgehead atoms. The number of anilines is 1. The molecule has 39 heavy (non-hydrogen) atoms. The smallest absolute Gasteiger partial charge is 0.394 e. The van der Waals surface area contributed by atoms with Gasteiger partial charge in [-0.05, 0) is 59.6 Å². The lowest BCUT2D eigenvalue weighted by atomic mass is 10.1. The molecule has 0 aliphatic heterocycles. The Morgan fingerprint density at radius 3 is 2.15 bits per heavy atom. The Hall–Kier alpha value is -2.73. The van der Waals surface area contributed by atoms with Crippen molar-refractivity contribution in [2.75, 3.05) is 70.9 Å². The SMILES string of the molecule is CC[n+]1ccsc1N=Nc1ccc(N(CCOCCOCCOCCOCCO)Cc2ccccc2)cc1C. The third-order valence-corrected chi connectivity index (χ3v) is 6.65. The molecule has 0 spiro atoms. The monoisotopic (exact) mass is 557 g/mol. The minimum Gasteiger partial charge on any atom is -0.394 e. The van der Waals surface area contributed by atoms with Crippen LogP contribution in [0.2, 0.25) is 0 Å². The first-order chi connectivity index (χ1) is 19.2. The third kappa shape index (κ3) is 11.5. The number of rotatable bonds is 20. The largest absolute Gasteiger partial charge is 0.408 e. The molecular weight excluding hydrogens is 516 g/mol. The number of ether oxygens (including phenoxy) is 4. The van der Waals surface area contributed by atoms with Gasteiger partial charge in [-0.2, -0.15) is 0 Å². The van der Waals surface area contributed by atoms with Crippen molar-refractivity contribution in [2.24, 2.45) is 10.2 Å². The molecular formula is C29H41N4O5S+. The van der Waals surface area contributed by atoms with Crippen molar-refractivity contribution in [1.82, 2.24) is 0 Å². The predicted octanol–water partition coefficient (Wildman–Crippen LogP) is 4.84. The summed E-state index contributed by atoms with van der Waals surface area (Å²) in [5, 5.41) is 20.6. The van der Waals surface area contributed by atoms with Crippen LogP contribution in [0.5, 0.6) is 0 Å². The van der Waals surface area contributed by atoms with Crippen LogP contribution in [-0.2, 0) is 32.0 Å². The van der Waals surface area contributed by atoms with Crippen molar-refractivity contribution in [2.45, 2.75) is 26.9 Å². The highest BCUT2D eigenvalue weighted by atomic mass is 32.1. The molecule has 0 saturated heterocycles. The predicted molar refractivity (Wildman–Crippen MR) is 153 cm³/mol. The van der Waals surface area contributed by atoms with Crippen LogP contribution in [0.1, 0.15) is 18.1 Å². The van der Waals surface area contributed by atoms with Gasteiger partial charge in [0.05, 0.1) is 71.1 Å².